The predicted octanol–water partition coefficient (Wildman–Crippen LogP) is 3.97. The van der Waals surface area contributed by atoms with Gasteiger partial charge in [0.25, 0.3) is 5.91 Å². The maximum absolute atomic E-state index is 12.4. The molecule has 0 unspecified atom stereocenters. The number of fused-ring (bicyclic) bond motifs is 1. The average molecular weight is 506 g/mol. The van der Waals surface area contributed by atoms with E-state index in [0.29, 0.717) is 52.8 Å². The smallest absolute Gasteiger partial charge is 0.407 e. The van der Waals surface area contributed by atoms with E-state index < -0.39 is 6.09 Å². The van der Waals surface area contributed by atoms with E-state index in [4.69, 9.17) is 22.4 Å². The number of anilines is 1. The van der Waals surface area contributed by atoms with Crippen LogP contribution in [0.2, 0.25) is 5.02 Å². The first-order chi connectivity index (χ1) is 17.4. The molecule has 0 radical (unpaired) electrons. The normalized spacial score (nSPS) is 15.7. The molecular formula is C25H24ClN7O3. The number of nitrogens with zero attached hydrogens (tertiary/aromatic N) is 5. The van der Waals surface area contributed by atoms with Crippen molar-refractivity contribution in [3.8, 4) is 11.3 Å². The van der Waals surface area contributed by atoms with Crippen molar-refractivity contribution in [2.24, 2.45) is 0 Å². The van der Waals surface area contributed by atoms with Gasteiger partial charge in [0.05, 0.1) is 11.4 Å². The molecule has 11 heteroatoms. The molecule has 36 heavy (non-hydrogen) atoms. The number of rotatable bonds is 5. The van der Waals surface area contributed by atoms with Gasteiger partial charge in [-0.25, -0.2) is 19.4 Å². The minimum absolute atomic E-state index is 0.152. The standard InChI is InChI=1S/C25H24ClN7O3/c26-18-4-1-3-17(11-18)24(34)28-12-15-6-8-16(9-7-15)21-20-22(27)29-14-30-23(20)33(31-21)19-5-2-10-32(13-19)25(35)36/h1,3-4,6-9,11,14,19H,2,5,10,12-13H2,(H,28,34)(H,35,36)(H2,27,29,30)/t19-/m1/s1. The Labute approximate surface area is 211 Å². The Morgan fingerprint density at radius 1 is 1.17 bits per heavy atom. The van der Waals surface area contributed by atoms with Gasteiger partial charge in [-0.3, -0.25) is 4.79 Å². The van der Waals surface area contributed by atoms with Crippen molar-refractivity contribution in [3.63, 3.8) is 0 Å². The van der Waals surface area contributed by atoms with Crippen molar-refractivity contribution in [2.45, 2.75) is 25.4 Å². The second-order valence-electron chi connectivity index (χ2n) is 8.67. The fourth-order valence-corrected chi connectivity index (χ4v) is 4.67. The van der Waals surface area contributed by atoms with Gasteiger partial charge < -0.3 is 21.1 Å². The topological polar surface area (TPSA) is 139 Å². The summed E-state index contributed by atoms with van der Waals surface area (Å²) >= 11 is 5.97. The molecular weight excluding hydrogens is 482 g/mol. The first kappa shape index (κ1) is 23.6. The molecule has 2 aromatic carbocycles. The highest BCUT2D eigenvalue weighted by Gasteiger charge is 2.28. The maximum atomic E-state index is 12.4. The number of hydrogen-bond acceptors (Lipinski definition) is 6. The largest absolute Gasteiger partial charge is 0.465 e. The molecule has 0 bridgehead atoms. The highest BCUT2D eigenvalue weighted by Crippen LogP contribution is 2.33. The second-order valence-corrected chi connectivity index (χ2v) is 9.10. The van der Waals surface area contributed by atoms with Crippen LogP contribution in [0.3, 0.4) is 0 Å². The number of benzene rings is 2. The third kappa shape index (κ3) is 4.67. The van der Waals surface area contributed by atoms with Crippen LogP contribution in [0.15, 0.2) is 54.9 Å². The number of halogens is 1. The number of carbonyl (C=O) groups is 2. The van der Waals surface area contributed by atoms with Crippen molar-refractivity contribution >= 4 is 40.5 Å². The van der Waals surface area contributed by atoms with Crippen molar-refractivity contribution in [1.29, 1.82) is 0 Å². The number of aromatic nitrogens is 4. The van der Waals surface area contributed by atoms with Gasteiger partial charge in [0.2, 0.25) is 0 Å². The summed E-state index contributed by atoms with van der Waals surface area (Å²) in [5.41, 5.74) is 9.65. The van der Waals surface area contributed by atoms with Crippen LogP contribution < -0.4 is 11.1 Å². The molecule has 10 nitrogen and oxygen atoms in total. The van der Waals surface area contributed by atoms with E-state index >= 15 is 0 Å². The van der Waals surface area contributed by atoms with E-state index in [1.807, 2.05) is 24.3 Å². The van der Waals surface area contributed by atoms with Crippen LogP contribution in [0.5, 0.6) is 0 Å². The summed E-state index contributed by atoms with van der Waals surface area (Å²) in [5, 5.41) is 18.3. The van der Waals surface area contributed by atoms with E-state index in [-0.39, 0.29) is 11.9 Å². The van der Waals surface area contributed by atoms with Gasteiger partial charge >= 0.3 is 6.09 Å². The van der Waals surface area contributed by atoms with Crippen LogP contribution in [-0.2, 0) is 6.54 Å². The zero-order valence-corrected chi connectivity index (χ0v) is 20.0. The lowest BCUT2D eigenvalue weighted by molar-refractivity contribution is 0.0950. The Bertz CT molecular complexity index is 1440. The van der Waals surface area contributed by atoms with Gasteiger partial charge in [-0.05, 0) is 36.6 Å². The number of hydrogen-bond donors (Lipinski definition) is 3. The Morgan fingerprint density at radius 3 is 2.72 bits per heavy atom. The summed E-state index contributed by atoms with van der Waals surface area (Å²) in [6.45, 7) is 1.18. The molecule has 2 amide bonds. The van der Waals surface area contributed by atoms with Crippen molar-refractivity contribution in [2.75, 3.05) is 18.8 Å². The maximum Gasteiger partial charge on any atom is 0.407 e. The zero-order valence-electron chi connectivity index (χ0n) is 19.3. The lowest BCUT2D eigenvalue weighted by Gasteiger charge is -2.30. The molecule has 184 valence electrons. The fraction of sp³-hybridized carbons (Fsp3) is 0.240. The minimum Gasteiger partial charge on any atom is -0.465 e. The third-order valence-electron chi connectivity index (χ3n) is 6.30. The molecule has 1 aliphatic heterocycles. The number of nitrogens with one attached hydrogen (secondary N) is 1. The molecule has 4 aromatic rings. The van der Waals surface area contributed by atoms with Crippen molar-refractivity contribution in [3.05, 3.63) is 71.0 Å². The number of nitrogen functional groups attached to an aromatic ring is 1. The summed E-state index contributed by atoms with van der Waals surface area (Å²) in [7, 11) is 0. The Morgan fingerprint density at radius 2 is 1.97 bits per heavy atom. The van der Waals surface area contributed by atoms with E-state index in [0.717, 1.165) is 24.0 Å². The Kier molecular flexibility index (Phi) is 6.43. The summed E-state index contributed by atoms with van der Waals surface area (Å²) in [4.78, 5) is 33.9. The molecule has 1 aliphatic rings. The molecule has 1 atom stereocenters. The number of amides is 2. The first-order valence-corrected chi connectivity index (χ1v) is 11.9. The molecule has 0 spiro atoms. The van der Waals surface area contributed by atoms with Crippen LogP contribution in [0.1, 0.15) is 34.8 Å². The van der Waals surface area contributed by atoms with E-state index in [9.17, 15) is 14.7 Å². The monoisotopic (exact) mass is 505 g/mol. The summed E-state index contributed by atoms with van der Waals surface area (Å²) in [6.07, 6.45) is 1.98. The van der Waals surface area contributed by atoms with Gasteiger partial charge in [0.1, 0.15) is 17.8 Å². The summed E-state index contributed by atoms with van der Waals surface area (Å²) in [6, 6.07) is 14.3. The van der Waals surface area contributed by atoms with E-state index in [1.54, 1.807) is 28.9 Å². The molecule has 1 saturated heterocycles. The Hall–Kier alpha value is -4.18. The van der Waals surface area contributed by atoms with Crippen molar-refractivity contribution < 1.29 is 14.7 Å². The third-order valence-corrected chi connectivity index (χ3v) is 6.53. The SMILES string of the molecule is Nc1ncnc2c1c(-c1ccc(CNC(=O)c3cccc(Cl)c3)cc1)nn2[C@@H]1CCCN(C(=O)O)C1. The lowest BCUT2D eigenvalue weighted by Crippen LogP contribution is -2.40. The summed E-state index contributed by atoms with van der Waals surface area (Å²) < 4.78 is 1.77. The number of nitrogens with two attached hydrogens (primary N) is 1. The van der Waals surface area contributed by atoms with Gasteiger partial charge in [0.15, 0.2) is 5.65 Å². The quantitative estimate of drug-likeness (QED) is 0.373. The minimum atomic E-state index is -0.941. The van der Waals surface area contributed by atoms with Crippen LogP contribution in [-0.4, -0.2) is 54.8 Å². The van der Waals surface area contributed by atoms with Crippen LogP contribution in [0.25, 0.3) is 22.3 Å². The first-order valence-electron chi connectivity index (χ1n) is 11.5. The number of piperidine rings is 1. The van der Waals surface area contributed by atoms with Gasteiger partial charge in [-0.2, -0.15) is 5.10 Å². The molecule has 3 heterocycles. The fourth-order valence-electron chi connectivity index (χ4n) is 4.47. The van der Waals surface area contributed by atoms with Gasteiger partial charge in [-0.15, -0.1) is 0 Å². The molecule has 0 saturated carbocycles. The van der Waals surface area contributed by atoms with E-state index in [1.165, 1.54) is 11.2 Å². The highest BCUT2D eigenvalue weighted by atomic mass is 35.5. The van der Waals surface area contributed by atoms with Crippen LogP contribution in [0.4, 0.5) is 10.6 Å². The molecule has 1 fully saturated rings. The highest BCUT2D eigenvalue weighted by molar-refractivity contribution is 6.30. The summed E-state index contributed by atoms with van der Waals surface area (Å²) in [5.74, 6) is 0.101. The second kappa shape index (κ2) is 9.82. The van der Waals surface area contributed by atoms with E-state index in [2.05, 4.69) is 15.3 Å². The molecule has 4 N–H and O–H groups in total. The number of likely N-dealkylation sites (tertiary alicyclic amines) is 1. The molecule has 0 aliphatic carbocycles. The number of carbonyl (C=O) groups excluding carboxylic acids is 1. The van der Waals surface area contributed by atoms with Crippen LogP contribution in [0, 0.1) is 0 Å². The van der Waals surface area contributed by atoms with Crippen molar-refractivity contribution in [1.82, 2.24) is 30.0 Å². The Balaban J connectivity index is 1.39. The molecule has 2 aromatic heterocycles. The average Bonchev–Trinajstić information content (AvgIpc) is 3.29. The lowest BCUT2D eigenvalue weighted by atomic mass is 10.1. The predicted molar refractivity (Wildman–Crippen MR) is 136 cm³/mol. The van der Waals surface area contributed by atoms with Crippen LogP contribution >= 0.6 is 11.6 Å². The molecule has 5 rings (SSSR count). The van der Waals surface area contributed by atoms with Gasteiger partial charge in [0, 0.05) is 35.8 Å². The van der Waals surface area contributed by atoms with Gasteiger partial charge in [-0.1, -0.05) is 41.9 Å². The zero-order chi connectivity index (χ0) is 25.2. The number of carboxylic acid groups (broad SMARTS) is 1.